The molecule has 1 aromatic heterocycles. The number of rotatable bonds is 3. The van der Waals surface area contributed by atoms with Crippen LogP contribution in [0.1, 0.15) is 10.4 Å². The molecule has 5 aromatic rings. The number of fused-ring (bicyclic) bond motifs is 2. The van der Waals surface area contributed by atoms with E-state index in [1.807, 2.05) is 24.3 Å². The zero-order chi connectivity index (χ0) is 24.5. The second-order valence-corrected chi connectivity index (χ2v) is 8.95. The average molecular weight is 519 g/mol. The van der Waals surface area contributed by atoms with E-state index in [1.165, 1.54) is 0 Å². The molecule has 0 atom stereocenters. The largest absolute Gasteiger partial charge is 0.422 e. The van der Waals surface area contributed by atoms with Crippen LogP contribution >= 0.6 is 35.4 Å². The Morgan fingerprint density at radius 1 is 0.800 bits per heavy atom. The van der Waals surface area contributed by atoms with Gasteiger partial charge in [-0.3, -0.25) is 10.1 Å². The monoisotopic (exact) mass is 518 g/mol. The van der Waals surface area contributed by atoms with Crippen LogP contribution < -0.4 is 16.3 Å². The Morgan fingerprint density at radius 3 is 2.40 bits per heavy atom. The molecule has 4 aromatic carbocycles. The molecule has 0 bridgehead atoms. The smallest absolute Gasteiger partial charge is 0.344 e. The second-order valence-electron chi connectivity index (χ2n) is 7.73. The number of carbonyl (C=O) groups is 1. The Labute approximate surface area is 215 Å². The summed E-state index contributed by atoms with van der Waals surface area (Å²) < 4.78 is 5.41. The van der Waals surface area contributed by atoms with Crippen molar-refractivity contribution in [1.29, 1.82) is 0 Å². The number of anilines is 1. The van der Waals surface area contributed by atoms with E-state index in [-0.39, 0.29) is 11.0 Å². The molecule has 0 unspecified atom stereocenters. The van der Waals surface area contributed by atoms with Gasteiger partial charge >= 0.3 is 5.63 Å². The number of hydrogen-bond acceptors (Lipinski definition) is 4. The standard InChI is InChI=1S/C27H16Cl2N2O3S/c28-22-9-4-6-17-18(22)7-3-8-20(17)25(32)31-27(35)30-16-11-12-19(23(29)14-16)21-13-15-5-1-2-10-24(15)34-26(21)33/h1-14H,(H2,30,31,32,35). The number of amides is 1. The van der Waals surface area contributed by atoms with Crippen molar-refractivity contribution in [3.63, 3.8) is 0 Å². The molecule has 0 saturated carbocycles. The van der Waals surface area contributed by atoms with Gasteiger partial charge in [-0.15, -0.1) is 0 Å². The Kier molecular flexibility index (Phi) is 6.26. The van der Waals surface area contributed by atoms with E-state index in [2.05, 4.69) is 10.6 Å². The maximum atomic E-state index is 12.9. The number of benzene rings is 4. The van der Waals surface area contributed by atoms with Crippen LogP contribution in [0.25, 0.3) is 32.9 Å². The number of halogens is 2. The van der Waals surface area contributed by atoms with Gasteiger partial charge in [-0.25, -0.2) is 4.79 Å². The molecular weight excluding hydrogens is 503 g/mol. The van der Waals surface area contributed by atoms with Crippen molar-refractivity contribution in [3.8, 4) is 11.1 Å². The van der Waals surface area contributed by atoms with E-state index in [9.17, 15) is 9.59 Å². The lowest BCUT2D eigenvalue weighted by atomic mass is 10.0. The van der Waals surface area contributed by atoms with Crippen LogP contribution in [0.3, 0.4) is 0 Å². The molecule has 172 valence electrons. The first-order chi connectivity index (χ1) is 16.9. The fourth-order valence-corrected chi connectivity index (χ4v) is 4.59. The van der Waals surface area contributed by atoms with Crippen molar-refractivity contribution >= 4 is 73.9 Å². The predicted octanol–water partition coefficient (Wildman–Crippen LogP) is 7.05. The van der Waals surface area contributed by atoms with Crippen molar-refractivity contribution in [2.45, 2.75) is 0 Å². The molecule has 1 heterocycles. The van der Waals surface area contributed by atoms with E-state index in [1.54, 1.807) is 60.7 Å². The van der Waals surface area contributed by atoms with Gasteiger partial charge in [-0.2, -0.15) is 0 Å². The van der Waals surface area contributed by atoms with Gasteiger partial charge in [0.1, 0.15) is 5.58 Å². The topological polar surface area (TPSA) is 71.3 Å². The Balaban J connectivity index is 1.35. The minimum absolute atomic E-state index is 0.100. The van der Waals surface area contributed by atoms with Crippen molar-refractivity contribution in [2.24, 2.45) is 0 Å². The summed E-state index contributed by atoms with van der Waals surface area (Å²) in [6, 6.07) is 24.8. The summed E-state index contributed by atoms with van der Waals surface area (Å²) in [5.41, 5.74) is 1.90. The first-order valence-corrected chi connectivity index (χ1v) is 11.7. The normalized spacial score (nSPS) is 10.9. The number of para-hydroxylation sites is 1. The maximum absolute atomic E-state index is 12.9. The lowest BCUT2D eigenvalue weighted by molar-refractivity contribution is 0.0979. The molecule has 5 nitrogen and oxygen atoms in total. The highest BCUT2D eigenvalue weighted by Gasteiger charge is 2.15. The molecule has 5 rings (SSSR count). The predicted molar refractivity (Wildman–Crippen MR) is 146 cm³/mol. The van der Waals surface area contributed by atoms with E-state index >= 15 is 0 Å². The van der Waals surface area contributed by atoms with Gasteiger partial charge in [-0.05, 0) is 54.0 Å². The third-order valence-corrected chi connectivity index (χ3v) is 6.35. The van der Waals surface area contributed by atoms with Gasteiger partial charge in [0.05, 0.1) is 10.6 Å². The molecule has 1 amide bonds. The third-order valence-electron chi connectivity index (χ3n) is 5.50. The van der Waals surface area contributed by atoms with Crippen molar-refractivity contribution < 1.29 is 9.21 Å². The van der Waals surface area contributed by atoms with Crippen LogP contribution in [-0.2, 0) is 0 Å². The molecule has 0 spiro atoms. The van der Waals surface area contributed by atoms with E-state index in [0.29, 0.717) is 38.0 Å². The summed E-state index contributed by atoms with van der Waals surface area (Å²) in [6.07, 6.45) is 0. The van der Waals surface area contributed by atoms with Crippen LogP contribution in [-0.4, -0.2) is 11.0 Å². The number of nitrogens with one attached hydrogen (secondary N) is 2. The third kappa shape index (κ3) is 4.64. The van der Waals surface area contributed by atoms with E-state index in [0.717, 1.165) is 16.2 Å². The first kappa shape index (κ1) is 23.1. The SMILES string of the molecule is O=C(NC(=S)Nc1ccc(-c2cc3ccccc3oc2=O)c(Cl)c1)c1cccc2c(Cl)cccc12. The zero-order valence-electron chi connectivity index (χ0n) is 18.0. The molecule has 35 heavy (non-hydrogen) atoms. The Bertz CT molecular complexity index is 1700. The molecule has 0 fully saturated rings. The van der Waals surface area contributed by atoms with Gasteiger partial charge in [-0.1, -0.05) is 71.7 Å². The molecule has 0 radical (unpaired) electrons. The first-order valence-electron chi connectivity index (χ1n) is 10.5. The fourth-order valence-electron chi connectivity index (χ4n) is 3.86. The molecule has 0 aliphatic carbocycles. The van der Waals surface area contributed by atoms with Crippen LogP contribution in [0.15, 0.2) is 94.1 Å². The minimum Gasteiger partial charge on any atom is -0.422 e. The molecular formula is C27H16Cl2N2O3S. The summed E-state index contributed by atoms with van der Waals surface area (Å²) in [4.78, 5) is 25.4. The van der Waals surface area contributed by atoms with Gasteiger partial charge in [0, 0.05) is 32.6 Å². The van der Waals surface area contributed by atoms with E-state index < -0.39 is 5.63 Å². The number of thiocarbonyl (C=S) groups is 1. The number of carbonyl (C=O) groups excluding carboxylic acids is 1. The van der Waals surface area contributed by atoms with Crippen molar-refractivity contribution in [3.05, 3.63) is 111 Å². The van der Waals surface area contributed by atoms with Gasteiger partial charge in [0.2, 0.25) is 0 Å². The lowest BCUT2D eigenvalue weighted by Crippen LogP contribution is -2.34. The molecule has 8 heteroatoms. The quantitative estimate of drug-likeness (QED) is 0.198. The van der Waals surface area contributed by atoms with Crippen molar-refractivity contribution in [1.82, 2.24) is 5.32 Å². The highest BCUT2D eigenvalue weighted by atomic mass is 35.5. The Morgan fingerprint density at radius 2 is 1.57 bits per heavy atom. The Hall–Kier alpha value is -3.71. The van der Waals surface area contributed by atoms with Gasteiger partial charge < -0.3 is 9.73 Å². The van der Waals surface area contributed by atoms with E-state index in [4.69, 9.17) is 39.8 Å². The lowest BCUT2D eigenvalue weighted by Gasteiger charge is -2.13. The summed E-state index contributed by atoms with van der Waals surface area (Å²) in [7, 11) is 0. The molecule has 0 saturated heterocycles. The fraction of sp³-hybridized carbons (Fsp3) is 0. The van der Waals surface area contributed by atoms with Crippen LogP contribution in [0, 0.1) is 0 Å². The van der Waals surface area contributed by atoms with Crippen LogP contribution in [0.2, 0.25) is 10.0 Å². The molecule has 0 aliphatic rings. The van der Waals surface area contributed by atoms with Gasteiger partial charge in [0.15, 0.2) is 5.11 Å². The highest BCUT2D eigenvalue weighted by molar-refractivity contribution is 7.80. The summed E-state index contributed by atoms with van der Waals surface area (Å²) >= 11 is 18.1. The molecule has 2 N–H and O–H groups in total. The summed E-state index contributed by atoms with van der Waals surface area (Å²) in [5.74, 6) is -0.369. The zero-order valence-corrected chi connectivity index (χ0v) is 20.3. The van der Waals surface area contributed by atoms with Crippen molar-refractivity contribution in [2.75, 3.05) is 5.32 Å². The number of hydrogen-bond donors (Lipinski definition) is 2. The second kappa shape index (κ2) is 9.50. The summed E-state index contributed by atoms with van der Waals surface area (Å²) in [5, 5.41) is 8.92. The minimum atomic E-state index is -0.482. The van der Waals surface area contributed by atoms with Gasteiger partial charge in [0.25, 0.3) is 5.91 Å². The highest BCUT2D eigenvalue weighted by Crippen LogP contribution is 2.30. The average Bonchev–Trinajstić information content (AvgIpc) is 2.84. The van der Waals surface area contributed by atoms with Crippen LogP contribution in [0.5, 0.6) is 0 Å². The maximum Gasteiger partial charge on any atom is 0.344 e. The van der Waals surface area contributed by atoms with Crippen LogP contribution in [0.4, 0.5) is 5.69 Å². The molecule has 0 aliphatic heterocycles. The summed E-state index contributed by atoms with van der Waals surface area (Å²) in [6.45, 7) is 0.